The first-order valence-electron chi connectivity index (χ1n) is 6.32. The van der Waals surface area contributed by atoms with Crippen molar-refractivity contribution >= 4 is 83.7 Å². The molecule has 1 unspecified atom stereocenters. The van der Waals surface area contributed by atoms with E-state index in [9.17, 15) is 13.0 Å². The Morgan fingerprint density at radius 1 is 1.19 bits per heavy atom. The second kappa shape index (κ2) is 5.52. The number of benzene rings is 2. The Morgan fingerprint density at radius 2 is 1.81 bits per heavy atom. The number of fused-ring (bicyclic) bond motifs is 3. The van der Waals surface area contributed by atoms with E-state index in [1.807, 2.05) is 37.3 Å². The quantitative estimate of drug-likeness (QED) is 0.646. The molecule has 0 saturated heterocycles. The molecular weight excluding hydrogens is 313 g/mol. The van der Waals surface area contributed by atoms with Gasteiger partial charge in [-0.1, -0.05) is 24.3 Å². The first kappa shape index (κ1) is 17.3. The zero-order valence-corrected chi connectivity index (χ0v) is 12.3. The van der Waals surface area contributed by atoms with Crippen molar-refractivity contribution in [3.63, 3.8) is 0 Å². The molecule has 3 rings (SSSR count). The van der Waals surface area contributed by atoms with Crippen molar-refractivity contribution in [1.82, 2.24) is 0 Å². The van der Waals surface area contributed by atoms with E-state index in [0.717, 1.165) is 16.3 Å². The third kappa shape index (κ3) is 2.37. The molecule has 2 aromatic rings. The van der Waals surface area contributed by atoms with Gasteiger partial charge in [0.1, 0.15) is 0 Å². The molecular formula is C15H16KNO3S. The summed E-state index contributed by atoms with van der Waals surface area (Å²) in [6.45, 7) is 5.05. The van der Waals surface area contributed by atoms with Crippen LogP contribution >= 0.6 is 0 Å². The van der Waals surface area contributed by atoms with Crippen LogP contribution in [0.5, 0.6) is 0 Å². The van der Waals surface area contributed by atoms with Gasteiger partial charge in [-0.25, -0.2) is 0 Å². The van der Waals surface area contributed by atoms with Crippen LogP contribution < -0.4 is 0 Å². The SMILES string of the molecule is CC1=Nc2c(C)cc3ccccc3c2C1(C)S(=O)(=O)O.[KH]. The Morgan fingerprint density at radius 3 is 2.43 bits per heavy atom. The maximum absolute atomic E-state index is 12.0. The predicted octanol–water partition coefficient (Wildman–Crippen LogP) is 2.71. The van der Waals surface area contributed by atoms with Crippen LogP contribution in [0.1, 0.15) is 25.0 Å². The molecule has 4 nitrogen and oxygen atoms in total. The third-order valence-electron chi connectivity index (χ3n) is 4.18. The summed E-state index contributed by atoms with van der Waals surface area (Å²) < 4.78 is 32.2. The number of hydrogen-bond acceptors (Lipinski definition) is 3. The van der Waals surface area contributed by atoms with Crippen molar-refractivity contribution in [2.45, 2.75) is 25.5 Å². The minimum atomic E-state index is -4.30. The fourth-order valence-corrected chi connectivity index (χ4v) is 3.76. The Bertz CT molecular complexity index is 874. The molecule has 0 aromatic heterocycles. The van der Waals surface area contributed by atoms with Crippen molar-refractivity contribution in [3.8, 4) is 0 Å². The summed E-state index contributed by atoms with van der Waals surface area (Å²) in [5, 5.41) is 1.76. The fourth-order valence-electron chi connectivity index (χ4n) is 2.87. The Hall–Kier alpha value is -0.0836. The normalized spacial score (nSPS) is 20.9. The summed E-state index contributed by atoms with van der Waals surface area (Å²) in [5.74, 6) is 0. The van der Waals surface area contributed by atoms with E-state index in [2.05, 4.69) is 4.99 Å². The van der Waals surface area contributed by atoms with E-state index in [-0.39, 0.29) is 51.4 Å². The molecule has 0 aliphatic carbocycles. The van der Waals surface area contributed by atoms with E-state index in [1.54, 1.807) is 6.92 Å². The molecule has 0 spiro atoms. The van der Waals surface area contributed by atoms with E-state index in [4.69, 9.17) is 0 Å². The summed E-state index contributed by atoms with van der Waals surface area (Å²) in [7, 11) is -4.30. The average Bonchev–Trinajstić information content (AvgIpc) is 2.64. The first-order valence-corrected chi connectivity index (χ1v) is 7.76. The molecule has 0 bridgehead atoms. The van der Waals surface area contributed by atoms with Gasteiger partial charge in [-0.2, -0.15) is 8.42 Å². The number of rotatable bonds is 1. The molecule has 0 radical (unpaired) electrons. The average molecular weight is 329 g/mol. The summed E-state index contributed by atoms with van der Waals surface area (Å²) >= 11 is 0. The summed E-state index contributed by atoms with van der Waals surface area (Å²) in [6, 6.07) is 9.55. The summed E-state index contributed by atoms with van der Waals surface area (Å²) in [5.41, 5.74) is 2.54. The van der Waals surface area contributed by atoms with Crippen molar-refractivity contribution in [3.05, 3.63) is 41.5 Å². The van der Waals surface area contributed by atoms with E-state index in [1.165, 1.54) is 6.92 Å². The molecule has 1 aliphatic rings. The third-order valence-corrected chi connectivity index (χ3v) is 5.71. The molecule has 1 aliphatic heterocycles. The topological polar surface area (TPSA) is 66.7 Å². The molecule has 106 valence electrons. The molecule has 6 heteroatoms. The number of nitrogens with zero attached hydrogens (tertiary/aromatic N) is 1. The standard InChI is InChI=1S/C15H15NO3S.K.H/c1-9-8-11-6-4-5-7-12(11)13-14(9)16-10(2)15(13,3)20(17,18)19;;/h4-8H,1-3H3,(H,17,18,19);;. The molecule has 21 heavy (non-hydrogen) atoms. The number of aliphatic imine (C=N–C) groups is 1. The van der Waals surface area contributed by atoms with Gasteiger partial charge in [-0.05, 0) is 43.2 Å². The molecule has 0 amide bonds. The summed E-state index contributed by atoms with van der Waals surface area (Å²) in [6.07, 6.45) is 0. The van der Waals surface area contributed by atoms with Crippen LogP contribution in [-0.4, -0.2) is 70.1 Å². The maximum atomic E-state index is 12.0. The second-order valence-electron chi connectivity index (χ2n) is 5.34. The van der Waals surface area contributed by atoms with Gasteiger partial charge in [-0.3, -0.25) is 9.55 Å². The second-order valence-corrected chi connectivity index (χ2v) is 7.11. The van der Waals surface area contributed by atoms with Gasteiger partial charge in [0.2, 0.25) is 0 Å². The first-order chi connectivity index (χ1) is 9.26. The summed E-state index contributed by atoms with van der Waals surface area (Å²) in [4.78, 5) is 4.40. The molecule has 0 fully saturated rings. The van der Waals surface area contributed by atoms with Gasteiger partial charge in [0.25, 0.3) is 10.1 Å². The van der Waals surface area contributed by atoms with Crippen LogP contribution in [0, 0.1) is 6.92 Å². The van der Waals surface area contributed by atoms with Crippen LogP contribution in [0.4, 0.5) is 5.69 Å². The molecule has 2 aromatic carbocycles. The Kier molecular flexibility index (Phi) is 4.54. The number of hydrogen-bond donors (Lipinski definition) is 1. The van der Waals surface area contributed by atoms with Gasteiger partial charge in [0.05, 0.1) is 5.69 Å². The van der Waals surface area contributed by atoms with Crippen LogP contribution in [0.2, 0.25) is 0 Å². The molecule has 1 N–H and O–H groups in total. The molecule has 1 atom stereocenters. The van der Waals surface area contributed by atoms with Crippen molar-refractivity contribution in [1.29, 1.82) is 0 Å². The van der Waals surface area contributed by atoms with Crippen molar-refractivity contribution in [2.24, 2.45) is 4.99 Å². The predicted molar refractivity (Wildman–Crippen MR) is 87.5 cm³/mol. The van der Waals surface area contributed by atoms with Gasteiger partial charge in [0.15, 0.2) is 4.75 Å². The molecule has 1 heterocycles. The van der Waals surface area contributed by atoms with E-state index < -0.39 is 14.9 Å². The van der Waals surface area contributed by atoms with Gasteiger partial charge in [0, 0.05) is 11.3 Å². The van der Waals surface area contributed by atoms with Crippen LogP contribution in [0.25, 0.3) is 10.8 Å². The van der Waals surface area contributed by atoms with Crippen molar-refractivity contribution < 1.29 is 13.0 Å². The van der Waals surface area contributed by atoms with Crippen molar-refractivity contribution in [2.75, 3.05) is 0 Å². The monoisotopic (exact) mass is 329 g/mol. The Balaban J connectivity index is 0.00000161. The van der Waals surface area contributed by atoms with E-state index in [0.29, 0.717) is 17.0 Å². The van der Waals surface area contributed by atoms with Crippen LogP contribution in [0.15, 0.2) is 35.3 Å². The van der Waals surface area contributed by atoms with Crippen LogP contribution in [0.3, 0.4) is 0 Å². The van der Waals surface area contributed by atoms with Crippen LogP contribution in [-0.2, 0) is 14.9 Å². The van der Waals surface area contributed by atoms with Gasteiger partial charge in [-0.15, -0.1) is 0 Å². The van der Waals surface area contributed by atoms with E-state index >= 15 is 0 Å². The Labute approximate surface area is 166 Å². The minimum absolute atomic E-state index is 0. The molecule has 0 saturated carbocycles. The number of aryl methyl sites for hydroxylation is 1. The zero-order valence-electron chi connectivity index (χ0n) is 11.5. The zero-order chi connectivity index (χ0) is 14.7. The van der Waals surface area contributed by atoms with Gasteiger partial charge < -0.3 is 0 Å². The fraction of sp³-hybridized carbons (Fsp3) is 0.267. The van der Waals surface area contributed by atoms with Gasteiger partial charge >= 0.3 is 51.4 Å².